The maximum absolute atomic E-state index is 13.6. The third-order valence-electron chi connectivity index (χ3n) is 3.31. The lowest BCUT2D eigenvalue weighted by atomic mass is 9.93. The minimum absolute atomic E-state index is 0.198. The molecule has 1 N–H and O–H groups in total. The standard InChI is InChI=1S/C13H14FNO/c14-11-5-2-6-12-13(11)9(8-16-12)7-15-10-3-1-4-10/h2,5-6,8,10,15H,1,3-4,7H2. The summed E-state index contributed by atoms with van der Waals surface area (Å²) < 4.78 is 18.9. The van der Waals surface area contributed by atoms with E-state index >= 15 is 0 Å². The molecule has 0 unspecified atom stereocenters. The van der Waals surface area contributed by atoms with Gasteiger partial charge in [0.2, 0.25) is 0 Å². The van der Waals surface area contributed by atoms with Gasteiger partial charge in [-0.15, -0.1) is 0 Å². The number of nitrogens with one attached hydrogen (secondary N) is 1. The molecule has 2 nitrogen and oxygen atoms in total. The van der Waals surface area contributed by atoms with E-state index in [1.165, 1.54) is 25.3 Å². The van der Waals surface area contributed by atoms with Crippen molar-refractivity contribution < 1.29 is 8.81 Å². The number of furan rings is 1. The van der Waals surface area contributed by atoms with Crippen molar-refractivity contribution in [3.8, 4) is 0 Å². The van der Waals surface area contributed by atoms with Crippen LogP contribution >= 0.6 is 0 Å². The summed E-state index contributed by atoms with van der Waals surface area (Å²) in [6.45, 7) is 0.693. The van der Waals surface area contributed by atoms with Gasteiger partial charge >= 0.3 is 0 Å². The predicted molar refractivity (Wildman–Crippen MR) is 60.7 cm³/mol. The fourth-order valence-electron chi connectivity index (χ4n) is 2.10. The van der Waals surface area contributed by atoms with Crippen LogP contribution in [-0.2, 0) is 6.54 Å². The van der Waals surface area contributed by atoms with Gasteiger partial charge in [0.25, 0.3) is 0 Å². The lowest BCUT2D eigenvalue weighted by Crippen LogP contribution is -2.34. The monoisotopic (exact) mass is 219 g/mol. The van der Waals surface area contributed by atoms with Gasteiger partial charge in [0.1, 0.15) is 11.4 Å². The third kappa shape index (κ3) is 1.61. The Bertz CT molecular complexity index is 502. The van der Waals surface area contributed by atoms with Gasteiger partial charge in [0, 0.05) is 18.2 Å². The Labute approximate surface area is 93.4 Å². The molecule has 0 saturated heterocycles. The Kier molecular flexibility index (Phi) is 2.40. The zero-order valence-corrected chi connectivity index (χ0v) is 9.00. The lowest BCUT2D eigenvalue weighted by molar-refractivity contribution is 0.338. The number of fused-ring (bicyclic) bond motifs is 1. The van der Waals surface area contributed by atoms with Crippen molar-refractivity contribution in [3.63, 3.8) is 0 Å². The van der Waals surface area contributed by atoms with Crippen molar-refractivity contribution in [2.24, 2.45) is 0 Å². The molecule has 1 fully saturated rings. The van der Waals surface area contributed by atoms with E-state index in [9.17, 15) is 4.39 Å². The molecule has 1 aromatic heterocycles. The number of halogens is 1. The molecule has 1 aromatic carbocycles. The lowest BCUT2D eigenvalue weighted by Gasteiger charge is -2.26. The summed E-state index contributed by atoms with van der Waals surface area (Å²) in [7, 11) is 0. The summed E-state index contributed by atoms with van der Waals surface area (Å²) in [4.78, 5) is 0. The van der Waals surface area contributed by atoms with E-state index in [-0.39, 0.29) is 5.82 Å². The van der Waals surface area contributed by atoms with Crippen molar-refractivity contribution in [3.05, 3.63) is 35.8 Å². The second-order valence-electron chi connectivity index (χ2n) is 4.38. The van der Waals surface area contributed by atoms with Crippen LogP contribution in [0.25, 0.3) is 11.0 Å². The van der Waals surface area contributed by atoms with Crippen LogP contribution in [-0.4, -0.2) is 6.04 Å². The smallest absolute Gasteiger partial charge is 0.137 e. The van der Waals surface area contributed by atoms with Gasteiger partial charge in [-0.25, -0.2) is 4.39 Å². The first kappa shape index (κ1) is 9.85. The fourth-order valence-corrected chi connectivity index (χ4v) is 2.10. The van der Waals surface area contributed by atoms with E-state index in [1.54, 1.807) is 18.4 Å². The molecular weight excluding hydrogens is 205 g/mol. The van der Waals surface area contributed by atoms with Crippen LogP contribution in [0.1, 0.15) is 24.8 Å². The normalized spacial score (nSPS) is 16.6. The summed E-state index contributed by atoms with van der Waals surface area (Å²) in [6, 6.07) is 5.55. The second kappa shape index (κ2) is 3.91. The highest BCUT2D eigenvalue weighted by atomic mass is 19.1. The first-order valence-corrected chi connectivity index (χ1v) is 5.72. The number of hydrogen-bond acceptors (Lipinski definition) is 2. The van der Waals surface area contributed by atoms with Crippen LogP contribution in [0.2, 0.25) is 0 Å². The molecule has 1 saturated carbocycles. The summed E-state index contributed by atoms with van der Waals surface area (Å²) in [5, 5.41) is 4.03. The molecule has 2 aromatic rings. The molecule has 1 heterocycles. The van der Waals surface area contributed by atoms with Crippen LogP contribution in [0.5, 0.6) is 0 Å². The topological polar surface area (TPSA) is 25.2 Å². The van der Waals surface area contributed by atoms with Gasteiger partial charge in [-0.1, -0.05) is 12.5 Å². The average Bonchev–Trinajstić information content (AvgIpc) is 2.61. The van der Waals surface area contributed by atoms with E-state index in [2.05, 4.69) is 5.32 Å². The van der Waals surface area contributed by atoms with Crippen molar-refractivity contribution in [2.45, 2.75) is 31.8 Å². The maximum Gasteiger partial charge on any atom is 0.137 e. The minimum atomic E-state index is -0.198. The molecule has 3 heteroatoms. The molecule has 1 aliphatic carbocycles. The van der Waals surface area contributed by atoms with E-state index in [1.807, 2.05) is 0 Å². The van der Waals surface area contributed by atoms with E-state index in [4.69, 9.17) is 4.42 Å². The van der Waals surface area contributed by atoms with Crippen molar-refractivity contribution in [1.29, 1.82) is 0 Å². The summed E-state index contributed by atoms with van der Waals surface area (Å²) in [6.07, 6.45) is 5.42. The van der Waals surface area contributed by atoms with Gasteiger partial charge in [0.05, 0.1) is 11.6 Å². The quantitative estimate of drug-likeness (QED) is 0.857. The van der Waals surface area contributed by atoms with E-state index in [0.29, 0.717) is 23.6 Å². The first-order valence-electron chi connectivity index (χ1n) is 5.72. The van der Waals surface area contributed by atoms with Crippen LogP contribution in [0.3, 0.4) is 0 Å². The van der Waals surface area contributed by atoms with Crippen LogP contribution in [0.15, 0.2) is 28.9 Å². The fraction of sp³-hybridized carbons (Fsp3) is 0.385. The number of rotatable bonds is 3. The predicted octanol–water partition coefficient (Wildman–Crippen LogP) is 3.21. The Morgan fingerprint density at radius 2 is 2.25 bits per heavy atom. The Morgan fingerprint density at radius 3 is 3.00 bits per heavy atom. The van der Waals surface area contributed by atoms with Gasteiger partial charge in [-0.3, -0.25) is 0 Å². The second-order valence-corrected chi connectivity index (χ2v) is 4.38. The molecule has 84 valence electrons. The highest BCUT2D eigenvalue weighted by Gasteiger charge is 2.17. The molecule has 0 aliphatic heterocycles. The van der Waals surface area contributed by atoms with Crippen molar-refractivity contribution in [1.82, 2.24) is 5.32 Å². The molecule has 3 rings (SSSR count). The van der Waals surface area contributed by atoms with Gasteiger partial charge in [0.15, 0.2) is 0 Å². The number of benzene rings is 1. The SMILES string of the molecule is Fc1cccc2occ(CNC3CCC3)c12. The minimum Gasteiger partial charge on any atom is -0.464 e. The maximum atomic E-state index is 13.6. The van der Waals surface area contributed by atoms with Gasteiger partial charge < -0.3 is 9.73 Å². The Hall–Kier alpha value is -1.35. The zero-order chi connectivity index (χ0) is 11.0. The van der Waals surface area contributed by atoms with E-state index in [0.717, 1.165) is 5.56 Å². The molecular formula is C13H14FNO. The third-order valence-corrected chi connectivity index (χ3v) is 3.31. The van der Waals surface area contributed by atoms with Crippen molar-refractivity contribution in [2.75, 3.05) is 0 Å². The molecule has 0 amide bonds. The summed E-state index contributed by atoms with van der Waals surface area (Å²) >= 11 is 0. The van der Waals surface area contributed by atoms with Crippen LogP contribution < -0.4 is 5.32 Å². The van der Waals surface area contributed by atoms with Gasteiger partial charge in [-0.05, 0) is 25.0 Å². The molecule has 0 spiro atoms. The molecule has 16 heavy (non-hydrogen) atoms. The van der Waals surface area contributed by atoms with Crippen LogP contribution in [0.4, 0.5) is 4.39 Å². The van der Waals surface area contributed by atoms with E-state index < -0.39 is 0 Å². The van der Waals surface area contributed by atoms with Crippen molar-refractivity contribution >= 4 is 11.0 Å². The largest absolute Gasteiger partial charge is 0.464 e. The zero-order valence-electron chi connectivity index (χ0n) is 9.00. The average molecular weight is 219 g/mol. The Morgan fingerprint density at radius 1 is 1.38 bits per heavy atom. The molecule has 0 radical (unpaired) electrons. The summed E-state index contributed by atoms with van der Waals surface area (Å²) in [5.41, 5.74) is 1.55. The molecule has 0 atom stereocenters. The Balaban J connectivity index is 1.85. The first-order chi connectivity index (χ1) is 7.84. The number of hydrogen-bond donors (Lipinski definition) is 1. The molecule has 0 bridgehead atoms. The van der Waals surface area contributed by atoms with Crippen LogP contribution in [0, 0.1) is 5.82 Å². The highest BCUT2D eigenvalue weighted by molar-refractivity contribution is 5.81. The summed E-state index contributed by atoms with van der Waals surface area (Å²) in [5.74, 6) is -0.198. The molecule has 1 aliphatic rings. The highest BCUT2D eigenvalue weighted by Crippen LogP contribution is 2.25. The van der Waals surface area contributed by atoms with Gasteiger partial charge in [-0.2, -0.15) is 0 Å².